The summed E-state index contributed by atoms with van der Waals surface area (Å²) < 4.78 is 0. The van der Waals surface area contributed by atoms with Crippen LogP contribution in [0.4, 0.5) is 22.7 Å². The van der Waals surface area contributed by atoms with Crippen molar-refractivity contribution in [3.8, 4) is 0 Å². The number of nitro benzene ring substituents is 1. The average molecular weight is 403 g/mol. The summed E-state index contributed by atoms with van der Waals surface area (Å²) in [6.45, 7) is 0. The van der Waals surface area contributed by atoms with Crippen LogP contribution < -0.4 is 16.1 Å². The van der Waals surface area contributed by atoms with Crippen molar-refractivity contribution < 1.29 is 9.72 Å². The van der Waals surface area contributed by atoms with Crippen LogP contribution in [0.5, 0.6) is 0 Å². The summed E-state index contributed by atoms with van der Waals surface area (Å²) in [5, 5.41) is 15.1. The highest BCUT2D eigenvalue weighted by Gasteiger charge is 2.19. The standard InChI is InChI=1S/C22H21N5O3/c1-26(2)17-11-7-15(8-12-17)21(22(28)19-5-3-4-6-20(19)23)25-24-16-9-13-18(14-10-16)27(29)30/h3-14,24H,23H2,1-2H3/b25-21-. The van der Waals surface area contributed by atoms with E-state index in [9.17, 15) is 14.9 Å². The van der Waals surface area contributed by atoms with Gasteiger partial charge in [-0.05, 0) is 36.4 Å². The van der Waals surface area contributed by atoms with Crippen LogP contribution in [0.1, 0.15) is 15.9 Å². The van der Waals surface area contributed by atoms with Gasteiger partial charge in [-0.3, -0.25) is 20.3 Å². The van der Waals surface area contributed by atoms with Crippen molar-refractivity contribution in [1.82, 2.24) is 0 Å². The number of para-hydroxylation sites is 1. The number of carbonyl (C=O) groups is 1. The van der Waals surface area contributed by atoms with Crippen LogP contribution in [-0.2, 0) is 0 Å². The van der Waals surface area contributed by atoms with Crippen LogP contribution in [0, 0.1) is 10.1 Å². The Morgan fingerprint density at radius 1 is 1.00 bits per heavy atom. The first-order valence-corrected chi connectivity index (χ1v) is 9.12. The third kappa shape index (κ3) is 4.61. The van der Waals surface area contributed by atoms with E-state index in [1.807, 2.05) is 43.3 Å². The van der Waals surface area contributed by atoms with E-state index in [1.54, 1.807) is 24.3 Å². The number of hydrazone groups is 1. The number of nitrogen functional groups attached to an aromatic ring is 1. The van der Waals surface area contributed by atoms with Crippen LogP contribution in [-0.4, -0.2) is 30.5 Å². The fourth-order valence-corrected chi connectivity index (χ4v) is 2.77. The summed E-state index contributed by atoms with van der Waals surface area (Å²) in [4.78, 5) is 25.5. The molecule has 152 valence electrons. The molecule has 0 unspecified atom stereocenters. The third-order valence-electron chi connectivity index (χ3n) is 4.45. The molecule has 0 bridgehead atoms. The highest BCUT2D eigenvalue weighted by Crippen LogP contribution is 2.19. The van der Waals surface area contributed by atoms with Crippen molar-refractivity contribution >= 4 is 34.2 Å². The number of hydrogen-bond donors (Lipinski definition) is 2. The molecule has 0 aliphatic heterocycles. The molecule has 30 heavy (non-hydrogen) atoms. The molecule has 3 aromatic rings. The van der Waals surface area contributed by atoms with Gasteiger partial charge in [0.15, 0.2) is 0 Å². The number of hydrogen-bond acceptors (Lipinski definition) is 7. The Morgan fingerprint density at radius 2 is 1.63 bits per heavy atom. The molecule has 3 N–H and O–H groups in total. The number of anilines is 3. The zero-order valence-electron chi connectivity index (χ0n) is 16.6. The molecule has 0 radical (unpaired) electrons. The Labute approximate surface area is 173 Å². The molecule has 0 saturated carbocycles. The summed E-state index contributed by atoms with van der Waals surface area (Å²) in [5.41, 5.74) is 11.8. The molecular weight excluding hydrogens is 382 g/mol. The van der Waals surface area contributed by atoms with Crippen LogP contribution in [0.2, 0.25) is 0 Å². The Bertz CT molecular complexity index is 1090. The number of ketones is 1. The number of benzene rings is 3. The topological polar surface area (TPSA) is 114 Å². The van der Waals surface area contributed by atoms with Gasteiger partial charge >= 0.3 is 0 Å². The van der Waals surface area contributed by atoms with Crippen molar-refractivity contribution in [2.75, 3.05) is 30.2 Å². The summed E-state index contributed by atoms with van der Waals surface area (Å²) >= 11 is 0. The minimum absolute atomic E-state index is 0.0304. The molecule has 8 heteroatoms. The maximum absolute atomic E-state index is 13.2. The second-order valence-corrected chi connectivity index (χ2v) is 6.73. The number of rotatable bonds is 7. The largest absolute Gasteiger partial charge is 0.398 e. The number of nitrogens with one attached hydrogen (secondary N) is 1. The quantitative estimate of drug-likeness (QED) is 0.203. The van der Waals surface area contributed by atoms with Gasteiger partial charge in [0.1, 0.15) is 5.71 Å². The van der Waals surface area contributed by atoms with Crippen molar-refractivity contribution in [2.45, 2.75) is 0 Å². The van der Waals surface area contributed by atoms with Gasteiger partial charge in [-0.2, -0.15) is 5.10 Å². The Kier molecular flexibility index (Phi) is 6.07. The normalized spacial score (nSPS) is 11.1. The van der Waals surface area contributed by atoms with Crippen molar-refractivity contribution in [3.05, 3.63) is 94.0 Å². The average Bonchev–Trinajstić information content (AvgIpc) is 2.74. The van der Waals surface area contributed by atoms with E-state index < -0.39 is 4.92 Å². The zero-order valence-corrected chi connectivity index (χ0v) is 16.6. The molecule has 3 rings (SSSR count). The van der Waals surface area contributed by atoms with Gasteiger partial charge in [-0.25, -0.2) is 0 Å². The number of nitro groups is 1. The lowest BCUT2D eigenvalue weighted by molar-refractivity contribution is -0.384. The highest BCUT2D eigenvalue weighted by molar-refractivity contribution is 6.52. The van der Waals surface area contributed by atoms with E-state index in [0.717, 1.165) is 5.69 Å². The minimum Gasteiger partial charge on any atom is -0.398 e. The predicted octanol–water partition coefficient (Wildman–Crippen LogP) is 3.94. The predicted molar refractivity (Wildman–Crippen MR) is 119 cm³/mol. The molecule has 0 atom stereocenters. The van der Waals surface area contributed by atoms with Gasteiger partial charge in [-0.1, -0.05) is 24.3 Å². The zero-order chi connectivity index (χ0) is 21.7. The molecule has 0 heterocycles. The molecule has 0 spiro atoms. The van der Waals surface area contributed by atoms with E-state index in [2.05, 4.69) is 10.5 Å². The van der Waals surface area contributed by atoms with Crippen LogP contribution in [0.15, 0.2) is 77.9 Å². The van der Waals surface area contributed by atoms with Gasteiger partial charge < -0.3 is 10.6 Å². The molecule has 0 aliphatic carbocycles. The summed E-state index contributed by atoms with van der Waals surface area (Å²) in [6.07, 6.45) is 0. The number of nitrogens with two attached hydrogens (primary N) is 1. The fourth-order valence-electron chi connectivity index (χ4n) is 2.77. The lowest BCUT2D eigenvalue weighted by Gasteiger charge is -2.14. The molecule has 3 aromatic carbocycles. The summed E-state index contributed by atoms with van der Waals surface area (Å²) in [7, 11) is 3.85. The first-order valence-electron chi connectivity index (χ1n) is 9.12. The maximum atomic E-state index is 13.2. The van der Waals surface area contributed by atoms with E-state index in [-0.39, 0.29) is 17.2 Å². The molecule has 0 amide bonds. The van der Waals surface area contributed by atoms with E-state index in [4.69, 9.17) is 5.73 Å². The fraction of sp³-hybridized carbons (Fsp3) is 0.0909. The molecule has 8 nitrogen and oxygen atoms in total. The molecule has 0 aromatic heterocycles. The molecule has 0 fully saturated rings. The lowest BCUT2D eigenvalue weighted by Crippen LogP contribution is -2.19. The number of carbonyl (C=O) groups excluding carboxylic acids is 1. The Hall–Kier alpha value is -4.20. The second-order valence-electron chi connectivity index (χ2n) is 6.73. The molecular formula is C22H21N5O3. The van der Waals surface area contributed by atoms with Gasteiger partial charge in [-0.15, -0.1) is 0 Å². The van der Waals surface area contributed by atoms with Crippen LogP contribution >= 0.6 is 0 Å². The maximum Gasteiger partial charge on any atom is 0.269 e. The van der Waals surface area contributed by atoms with Crippen molar-refractivity contribution in [1.29, 1.82) is 0 Å². The van der Waals surface area contributed by atoms with Gasteiger partial charge in [0.25, 0.3) is 5.69 Å². The Morgan fingerprint density at radius 3 is 2.20 bits per heavy atom. The van der Waals surface area contributed by atoms with Crippen LogP contribution in [0.3, 0.4) is 0 Å². The number of nitrogens with zero attached hydrogens (tertiary/aromatic N) is 3. The smallest absolute Gasteiger partial charge is 0.269 e. The van der Waals surface area contributed by atoms with E-state index in [1.165, 1.54) is 24.3 Å². The van der Waals surface area contributed by atoms with E-state index in [0.29, 0.717) is 22.5 Å². The number of Topliss-reactive ketones (excluding diaryl/α,β-unsaturated/α-hetero) is 1. The highest BCUT2D eigenvalue weighted by atomic mass is 16.6. The molecule has 0 aliphatic rings. The van der Waals surface area contributed by atoms with Crippen molar-refractivity contribution in [3.63, 3.8) is 0 Å². The SMILES string of the molecule is CN(C)c1ccc(/C(=N/Nc2ccc([N+](=O)[O-])cc2)C(=O)c2ccccc2N)cc1. The van der Waals surface area contributed by atoms with Crippen LogP contribution in [0.25, 0.3) is 0 Å². The number of non-ortho nitro benzene ring substituents is 1. The molecule has 0 saturated heterocycles. The third-order valence-corrected chi connectivity index (χ3v) is 4.45. The summed E-state index contributed by atoms with van der Waals surface area (Å²) in [5.74, 6) is -0.333. The minimum atomic E-state index is -0.480. The monoisotopic (exact) mass is 403 g/mol. The lowest BCUT2D eigenvalue weighted by atomic mass is 9.99. The van der Waals surface area contributed by atoms with Crippen molar-refractivity contribution in [2.24, 2.45) is 5.10 Å². The first kappa shape index (κ1) is 20.5. The van der Waals surface area contributed by atoms with Gasteiger partial charge in [0.05, 0.1) is 10.6 Å². The summed E-state index contributed by atoms with van der Waals surface area (Å²) in [6, 6.07) is 20.0. The van der Waals surface area contributed by atoms with Gasteiger partial charge in [0.2, 0.25) is 5.78 Å². The first-order chi connectivity index (χ1) is 14.4. The second kappa shape index (κ2) is 8.87. The van der Waals surface area contributed by atoms with E-state index >= 15 is 0 Å². The Balaban J connectivity index is 1.98. The van der Waals surface area contributed by atoms with Gasteiger partial charge in [0, 0.05) is 48.7 Å².